The van der Waals surface area contributed by atoms with E-state index in [1.165, 1.54) is 11.1 Å². The molecule has 2 heterocycles. The summed E-state index contributed by atoms with van der Waals surface area (Å²) >= 11 is 0. The Morgan fingerprint density at radius 3 is 2.77 bits per heavy atom. The number of nitrogens with one attached hydrogen (secondary N) is 1. The second kappa shape index (κ2) is 4.84. The van der Waals surface area contributed by atoms with Crippen LogP contribution in [0.2, 0.25) is 0 Å². The van der Waals surface area contributed by atoms with Gasteiger partial charge in [0.05, 0.1) is 23.6 Å². The second-order valence-corrected chi connectivity index (χ2v) is 5.54. The minimum Gasteiger partial charge on any atom is -0.338 e. The molecule has 0 fully saturated rings. The highest BCUT2D eigenvalue weighted by Crippen LogP contribution is 2.26. The molecule has 0 radical (unpaired) electrons. The van der Waals surface area contributed by atoms with Gasteiger partial charge in [0, 0.05) is 5.69 Å². The van der Waals surface area contributed by atoms with Gasteiger partial charge in [-0.1, -0.05) is 24.3 Å². The Kier molecular flexibility index (Phi) is 2.82. The van der Waals surface area contributed by atoms with E-state index < -0.39 is 0 Å². The Balaban J connectivity index is 1.93. The van der Waals surface area contributed by atoms with E-state index in [0.29, 0.717) is 0 Å². The largest absolute Gasteiger partial charge is 0.338 e. The molecule has 4 rings (SSSR count). The number of fused-ring (bicyclic) bond motifs is 3. The molecular formula is C18H16N4. The zero-order valence-electron chi connectivity index (χ0n) is 12.5. The number of benzene rings is 2. The molecule has 0 spiro atoms. The molecule has 0 saturated carbocycles. The van der Waals surface area contributed by atoms with Crippen LogP contribution < -0.4 is 5.32 Å². The van der Waals surface area contributed by atoms with Gasteiger partial charge in [-0.15, -0.1) is 0 Å². The van der Waals surface area contributed by atoms with Crippen molar-refractivity contribution in [3.05, 3.63) is 66.1 Å². The molecule has 4 heteroatoms. The highest BCUT2D eigenvalue weighted by Gasteiger charge is 2.09. The Bertz CT molecular complexity index is 985. The zero-order valence-corrected chi connectivity index (χ0v) is 12.5. The van der Waals surface area contributed by atoms with E-state index in [9.17, 15) is 0 Å². The molecular weight excluding hydrogens is 272 g/mol. The van der Waals surface area contributed by atoms with Crippen molar-refractivity contribution in [2.45, 2.75) is 13.8 Å². The van der Waals surface area contributed by atoms with E-state index in [4.69, 9.17) is 4.98 Å². The minimum atomic E-state index is 0.824. The molecule has 108 valence electrons. The predicted molar refractivity (Wildman–Crippen MR) is 89.7 cm³/mol. The molecule has 0 unspecified atom stereocenters. The molecule has 1 N–H and O–H groups in total. The van der Waals surface area contributed by atoms with E-state index in [2.05, 4.69) is 52.8 Å². The van der Waals surface area contributed by atoms with Gasteiger partial charge in [0.2, 0.25) is 0 Å². The average Bonchev–Trinajstić information content (AvgIpc) is 3.01. The Morgan fingerprint density at radius 1 is 1.00 bits per heavy atom. The quantitative estimate of drug-likeness (QED) is 0.600. The molecule has 4 nitrogen and oxygen atoms in total. The van der Waals surface area contributed by atoms with Crippen LogP contribution in [0, 0.1) is 13.8 Å². The van der Waals surface area contributed by atoms with Crippen molar-refractivity contribution in [3.63, 3.8) is 0 Å². The van der Waals surface area contributed by atoms with Crippen molar-refractivity contribution >= 4 is 28.1 Å². The number of hydrogen-bond acceptors (Lipinski definition) is 3. The highest BCUT2D eigenvalue weighted by molar-refractivity contribution is 5.85. The smallest absolute Gasteiger partial charge is 0.157 e. The van der Waals surface area contributed by atoms with Crippen molar-refractivity contribution in [1.29, 1.82) is 0 Å². The molecule has 0 aliphatic carbocycles. The van der Waals surface area contributed by atoms with Gasteiger partial charge in [0.15, 0.2) is 5.82 Å². The first-order valence-corrected chi connectivity index (χ1v) is 7.27. The van der Waals surface area contributed by atoms with Gasteiger partial charge >= 0.3 is 0 Å². The number of aromatic nitrogens is 3. The van der Waals surface area contributed by atoms with Crippen LogP contribution in [0.15, 0.2) is 55.0 Å². The lowest BCUT2D eigenvalue weighted by Gasteiger charge is -2.12. The van der Waals surface area contributed by atoms with Crippen LogP contribution in [0.5, 0.6) is 0 Å². The number of anilines is 2. The predicted octanol–water partition coefficient (Wildman–Crippen LogP) is 4.24. The summed E-state index contributed by atoms with van der Waals surface area (Å²) in [5.41, 5.74) is 6.46. The lowest BCUT2D eigenvalue weighted by Crippen LogP contribution is -2.00. The van der Waals surface area contributed by atoms with Crippen molar-refractivity contribution in [2.75, 3.05) is 5.32 Å². The molecule has 2 aromatic heterocycles. The third-order valence-corrected chi connectivity index (χ3v) is 3.90. The van der Waals surface area contributed by atoms with Crippen LogP contribution in [-0.4, -0.2) is 14.4 Å². The lowest BCUT2D eigenvalue weighted by molar-refractivity contribution is 1.18. The molecule has 0 aliphatic rings. The Labute approximate surface area is 128 Å². The van der Waals surface area contributed by atoms with Gasteiger partial charge in [0.1, 0.15) is 5.52 Å². The van der Waals surface area contributed by atoms with Crippen LogP contribution in [0.1, 0.15) is 11.1 Å². The first kappa shape index (κ1) is 12.8. The van der Waals surface area contributed by atoms with Gasteiger partial charge in [0.25, 0.3) is 0 Å². The summed E-state index contributed by atoms with van der Waals surface area (Å²) < 4.78 is 2.07. The first-order chi connectivity index (χ1) is 10.7. The number of rotatable bonds is 2. The number of hydrogen-bond donors (Lipinski definition) is 1. The van der Waals surface area contributed by atoms with E-state index in [1.807, 2.05) is 30.7 Å². The summed E-state index contributed by atoms with van der Waals surface area (Å²) in [4.78, 5) is 9.05. The van der Waals surface area contributed by atoms with E-state index in [-0.39, 0.29) is 0 Å². The van der Waals surface area contributed by atoms with Crippen LogP contribution in [0.4, 0.5) is 11.5 Å². The zero-order chi connectivity index (χ0) is 15.1. The normalized spacial score (nSPS) is 11.2. The monoisotopic (exact) mass is 288 g/mol. The van der Waals surface area contributed by atoms with Crippen LogP contribution in [-0.2, 0) is 0 Å². The minimum absolute atomic E-state index is 0.824. The Morgan fingerprint density at radius 2 is 1.86 bits per heavy atom. The SMILES string of the molecule is Cc1ccc(C)c(Nc2nc3ccccc3n3cncc23)c1. The third kappa shape index (κ3) is 2.00. The number of imidazole rings is 1. The fraction of sp³-hybridized carbons (Fsp3) is 0.111. The first-order valence-electron chi connectivity index (χ1n) is 7.27. The van der Waals surface area contributed by atoms with Crippen molar-refractivity contribution in [2.24, 2.45) is 0 Å². The fourth-order valence-electron chi connectivity index (χ4n) is 2.69. The summed E-state index contributed by atoms with van der Waals surface area (Å²) in [5, 5.41) is 3.46. The van der Waals surface area contributed by atoms with Gasteiger partial charge in [-0.05, 0) is 43.2 Å². The highest BCUT2D eigenvalue weighted by atomic mass is 15.1. The van der Waals surface area contributed by atoms with Crippen LogP contribution in [0.3, 0.4) is 0 Å². The maximum absolute atomic E-state index is 4.77. The maximum Gasteiger partial charge on any atom is 0.157 e. The molecule has 0 amide bonds. The molecule has 0 aliphatic heterocycles. The van der Waals surface area contributed by atoms with E-state index >= 15 is 0 Å². The fourth-order valence-corrected chi connectivity index (χ4v) is 2.69. The molecule has 2 aromatic carbocycles. The number of aryl methyl sites for hydroxylation is 2. The average molecular weight is 288 g/mol. The maximum atomic E-state index is 4.77. The molecule has 4 aromatic rings. The summed E-state index contributed by atoms with van der Waals surface area (Å²) in [6, 6.07) is 14.5. The second-order valence-electron chi connectivity index (χ2n) is 5.54. The summed E-state index contributed by atoms with van der Waals surface area (Å²) in [6.45, 7) is 4.18. The van der Waals surface area contributed by atoms with Gasteiger partial charge in [-0.3, -0.25) is 4.40 Å². The Hall–Kier alpha value is -2.88. The lowest BCUT2D eigenvalue weighted by atomic mass is 10.1. The summed E-state index contributed by atoms with van der Waals surface area (Å²) in [7, 11) is 0. The van der Waals surface area contributed by atoms with Crippen molar-refractivity contribution < 1.29 is 0 Å². The molecule has 0 atom stereocenters. The number of para-hydroxylation sites is 2. The molecule has 22 heavy (non-hydrogen) atoms. The van der Waals surface area contributed by atoms with Crippen molar-refractivity contribution in [1.82, 2.24) is 14.4 Å². The van der Waals surface area contributed by atoms with Gasteiger partial charge < -0.3 is 5.32 Å². The standard InChI is InChI=1S/C18H16N4/c1-12-7-8-13(2)15(9-12)21-18-17-10-19-11-22(17)16-6-4-3-5-14(16)20-18/h3-11H,1-2H3,(H,20,21). The topological polar surface area (TPSA) is 42.2 Å². The molecule has 0 bridgehead atoms. The summed E-state index contributed by atoms with van der Waals surface area (Å²) in [6.07, 6.45) is 3.67. The van der Waals surface area contributed by atoms with Gasteiger partial charge in [-0.25, -0.2) is 9.97 Å². The summed E-state index contributed by atoms with van der Waals surface area (Å²) in [5.74, 6) is 0.824. The number of nitrogens with zero attached hydrogens (tertiary/aromatic N) is 3. The van der Waals surface area contributed by atoms with E-state index in [1.54, 1.807) is 0 Å². The van der Waals surface area contributed by atoms with Crippen molar-refractivity contribution in [3.8, 4) is 0 Å². The molecule has 0 saturated heterocycles. The van der Waals surface area contributed by atoms with Gasteiger partial charge in [-0.2, -0.15) is 0 Å². The van der Waals surface area contributed by atoms with Crippen LogP contribution >= 0.6 is 0 Å². The van der Waals surface area contributed by atoms with E-state index in [0.717, 1.165) is 28.1 Å². The van der Waals surface area contributed by atoms with Crippen LogP contribution in [0.25, 0.3) is 16.6 Å². The third-order valence-electron chi connectivity index (χ3n) is 3.90.